The molecule has 130 valence electrons. The van der Waals surface area contributed by atoms with Crippen LogP contribution >= 0.6 is 7.60 Å². The Morgan fingerprint density at radius 3 is 2.52 bits per heavy atom. The summed E-state index contributed by atoms with van der Waals surface area (Å²) in [5.41, 5.74) is 1.81. The minimum atomic E-state index is -3.57. The van der Waals surface area contributed by atoms with Crippen LogP contribution in [0.4, 0.5) is 5.88 Å². The molecule has 0 saturated heterocycles. The van der Waals surface area contributed by atoms with Gasteiger partial charge >= 0.3 is 7.60 Å². The van der Waals surface area contributed by atoms with Gasteiger partial charge in [-0.05, 0) is 23.8 Å². The van der Waals surface area contributed by atoms with Crippen molar-refractivity contribution in [3.63, 3.8) is 0 Å². The third-order valence-electron chi connectivity index (χ3n) is 3.55. The van der Waals surface area contributed by atoms with Gasteiger partial charge in [-0.1, -0.05) is 24.3 Å². The van der Waals surface area contributed by atoms with Gasteiger partial charge in [0, 0.05) is 38.7 Å². The van der Waals surface area contributed by atoms with Crippen LogP contribution in [0.3, 0.4) is 0 Å². The molecule has 3 aromatic rings. The lowest BCUT2D eigenvalue weighted by molar-refractivity contribution is 0.286. The van der Waals surface area contributed by atoms with Gasteiger partial charge in [-0.3, -0.25) is 9.55 Å². The van der Waals surface area contributed by atoms with Crippen molar-refractivity contribution >= 4 is 18.9 Å². The molecular formula is C17H18N3O4P. The van der Waals surface area contributed by atoms with E-state index in [1.54, 1.807) is 12.4 Å². The average molecular weight is 359 g/mol. The Morgan fingerprint density at radius 1 is 1.12 bits per heavy atom. The van der Waals surface area contributed by atoms with E-state index in [2.05, 4.69) is 15.3 Å². The first kappa shape index (κ1) is 17.4. The monoisotopic (exact) mass is 359 g/mol. The van der Waals surface area contributed by atoms with Crippen LogP contribution in [0.2, 0.25) is 0 Å². The Hall–Kier alpha value is -2.47. The minimum absolute atomic E-state index is 0.111. The third kappa shape index (κ3) is 3.79. The maximum atomic E-state index is 12.8. The highest BCUT2D eigenvalue weighted by Crippen LogP contribution is 2.47. The van der Waals surface area contributed by atoms with Crippen molar-refractivity contribution in [3.05, 3.63) is 60.4 Å². The molecule has 0 aliphatic rings. The maximum Gasteiger partial charge on any atom is 0.384 e. The second-order valence-corrected chi connectivity index (χ2v) is 7.26. The number of rotatable bonds is 7. The van der Waals surface area contributed by atoms with Gasteiger partial charge in [0.1, 0.15) is 0 Å². The summed E-state index contributed by atoms with van der Waals surface area (Å²) in [5.74, 6) is 0.577. The Morgan fingerprint density at radius 2 is 1.88 bits per heavy atom. The highest BCUT2D eigenvalue weighted by atomic mass is 31.2. The van der Waals surface area contributed by atoms with Crippen LogP contribution in [0.15, 0.2) is 59.3 Å². The summed E-state index contributed by atoms with van der Waals surface area (Å²) in [6.45, 7) is 0.428. The molecular weight excluding hydrogens is 341 g/mol. The van der Waals surface area contributed by atoms with Crippen molar-refractivity contribution in [3.8, 4) is 11.5 Å². The Labute approximate surface area is 145 Å². The molecule has 0 fully saturated rings. The molecule has 0 spiro atoms. The molecule has 25 heavy (non-hydrogen) atoms. The highest BCUT2D eigenvalue weighted by molar-refractivity contribution is 7.62. The van der Waals surface area contributed by atoms with Crippen molar-refractivity contribution in [2.24, 2.45) is 0 Å². The van der Waals surface area contributed by atoms with E-state index in [0.717, 1.165) is 11.1 Å². The second kappa shape index (κ2) is 7.61. The molecule has 2 aromatic heterocycles. The fourth-order valence-electron chi connectivity index (χ4n) is 2.25. The van der Waals surface area contributed by atoms with E-state index in [-0.39, 0.29) is 11.3 Å². The number of nitrogens with zero attached hydrogens (tertiary/aromatic N) is 2. The highest BCUT2D eigenvalue weighted by Gasteiger charge is 2.34. The molecule has 0 aliphatic carbocycles. The van der Waals surface area contributed by atoms with Gasteiger partial charge in [0.2, 0.25) is 17.2 Å². The summed E-state index contributed by atoms with van der Waals surface area (Å²) in [4.78, 5) is 8.41. The van der Waals surface area contributed by atoms with Gasteiger partial charge in [-0.25, -0.2) is 0 Å². The molecule has 7 nitrogen and oxygen atoms in total. The van der Waals surface area contributed by atoms with Gasteiger partial charge < -0.3 is 18.8 Å². The molecule has 0 radical (unpaired) electrons. The largest absolute Gasteiger partial charge is 0.420 e. The molecule has 1 aromatic carbocycles. The summed E-state index contributed by atoms with van der Waals surface area (Å²) in [7, 11) is -0.952. The van der Waals surface area contributed by atoms with Gasteiger partial charge in [0.05, 0.1) is 0 Å². The first-order chi connectivity index (χ1) is 12.2. The second-order valence-electron chi connectivity index (χ2n) is 5.12. The molecule has 1 N–H and O–H groups in total. The summed E-state index contributed by atoms with van der Waals surface area (Å²) in [6.07, 6.45) is 3.42. The number of oxazole rings is 1. The van der Waals surface area contributed by atoms with Crippen LogP contribution in [0, 0.1) is 0 Å². The average Bonchev–Trinajstić information content (AvgIpc) is 3.12. The Kier molecular flexibility index (Phi) is 5.28. The first-order valence-corrected chi connectivity index (χ1v) is 9.11. The smallest absolute Gasteiger partial charge is 0.384 e. The molecule has 0 amide bonds. The topological polar surface area (TPSA) is 86.5 Å². The Bertz CT molecular complexity index is 860. The quantitative estimate of drug-likeness (QED) is 0.647. The number of nitrogens with one attached hydrogen (secondary N) is 1. The predicted octanol–water partition coefficient (Wildman–Crippen LogP) is 3.46. The lowest BCUT2D eigenvalue weighted by Gasteiger charge is -2.12. The molecule has 3 rings (SSSR count). The van der Waals surface area contributed by atoms with E-state index in [0.29, 0.717) is 12.4 Å². The van der Waals surface area contributed by atoms with Crippen molar-refractivity contribution in [1.82, 2.24) is 9.97 Å². The van der Waals surface area contributed by atoms with E-state index < -0.39 is 7.60 Å². The summed E-state index contributed by atoms with van der Waals surface area (Å²) in [5, 5.41) is 3.09. The fourth-order valence-corrected chi connectivity index (χ4v) is 3.33. The van der Waals surface area contributed by atoms with Crippen LogP contribution < -0.4 is 10.8 Å². The molecule has 0 atom stereocenters. The zero-order chi connectivity index (χ0) is 17.7. The molecule has 0 unspecified atom stereocenters. The van der Waals surface area contributed by atoms with Crippen molar-refractivity contribution in [2.45, 2.75) is 6.54 Å². The first-order valence-electron chi connectivity index (χ1n) is 7.57. The zero-order valence-electron chi connectivity index (χ0n) is 13.9. The lowest BCUT2D eigenvalue weighted by Crippen LogP contribution is -2.14. The van der Waals surface area contributed by atoms with E-state index in [1.807, 2.05) is 42.5 Å². The minimum Gasteiger partial charge on any atom is -0.420 e. The molecule has 2 heterocycles. The molecule has 0 aliphatic heterocycles. The maximum absolute atomic E-state index is 12.8. The zero-order valence-corrected chi connectivity index (χ0v) is 14.8. The normalized spacial score (nSPS) is 11.4. The van der Waals surface area contributed by atoms with Crippen molar-refractivity contribution in [2.75, 3.05) is 19.5 Å². The van der Waals surface area contributed by atoms with Crippen LogP contribution in [-0.4, -0.2) is 24.2 Å². The van der Waals surface area contributed by atoms with Gasteiger partial charge in [0.15, 0.2) is 0 Å². The van der Waals surface area contributed by atoms with Crippen molar-refractivity contribution < 1.29 is 18.0 Å². The van der Waals surface area contributed by atoms with E-state index in [9.17, 15) is 4.57 Å². The van der Waals surface area contributed by atoms with Crippen LogP contribution in [0.25, 0.3) is 11.5 Å². The van der Waals surface area contributed by atoms with E-state index in [1.165, 1.54) is 14.2 Å². The number of aromatic nitrogens is 2. The number of anilines is 1. The molecule has 0 saturated carbocycles. The fraction of sp³-hybridized carbons (Fsp3) is 0.176. The lowest BCUT2D eigenvalue weighted by atomic mass is 10.2. The summed E-state index contributed by atoms with van der Waals surface area (Å²) < 4.78 is 28.8. The summed E-state index contributed by atoms with van der Waals surface area (Å²) >= 11 is 0. The Balaban J connectivity index is 1.97. The molecule has 8 heteroatoms. The predicted molar refractivity (Wildman–Crippen MR) is 94.8 cm³/mol. The van der Waals surface area contributed by atoms with E-state index in [4.69, 9.17) is 13.5 Å². The number of benzene rings is 1. The SMILES string of the molecule is COP(=O)(OC)c1nc(-c2ccccc2)oc1NCc1cccnc1. The van der Waals surface area contributed by atoms with Crippen LogP contribution in [-0.2, 0) is 20.2 Å². The number of pyridine rings is 1. The van der Waals surface area contributed by atoms with Crippen molar-refractivity contribution in [1.29, 1.82) is 0 Å². The standard InChI is InChI=1S/C17H18N3O4P/c1-22-25(21,23-2)17-16(19-12-13-7-6-10-18-11-13)24-15(20-17)14-8-4-3-5-9-14/h3-11,19H,12H2,1-2H3. The van der Waals surface area contributed by atoms with Crippen LogP contribution in [0.1, 0.15) is 5.56 Å². The van der Waals surface area contributed by atoms with Crippen LogP contribution in [0.5, 0.6) is 0 Å². The third-order valence-corrected chi connectivity index (χ3v) is 5.33. The molecule has 0 bridgehead atoms. The van der Waals surface area contributed by atoms with Gasteiger partial charge in [-0.2, -0.15) is 4.98 Å². The summed E-state index contributed by atoms with van der Waals surface area (Å²) in [6, 6.07) is 13.1. The number of hydrogen-bond donors (Lipinski definition) is 1. The van der Waals surface area contributed by atoms with E-state index >= 15 is 0 Å². The number of hydrogen-bond acceptors (Lipinski definition) is 7. The van der Waals surface area contributed by atoms with Gasteiger partial charge in [0.25, 0.3) is 0 Å². The van der Waals surface area contributed by atoms with Gasteiger partial charge in [-0.15, -0.1) is 0 Å².